The Morgan fingerprint density at radius 1 is 1.56 bits per heavy atom. The Kier molecular flexibility index (Phi) is 3.14. The molecule has 0 aliphatic carbocycles. The lowest BCUT2D eigenvalue weighted by molar-refractivity contribution is -0.141. The highest BCUT2D eigenvalue weighted by atomic mass is 16.4. The average molecular weight is 219 g/mol. The van der Waals surface area contributed by atoms with E-state index in [1.807, 2.05) is 6.07 Å². The van der Waals surface area contributed by atoms with E-state index in [1.165, 1.54) is 19.9 Å². The van der Waals surface area contributed by atoms with Crippen molar-refractivity contribution < 1.29 is 9.90 Å². The molecule has 2 N–H and O–H groups in total. The summed E-state index contributed by atoms with van der Waals surface area (Å²) in [5.41, 5.74) is 0.00647. The number of nitriles is 1. The summed E-state index contributed by atoms with van der Waals surface area (Å²) in [6, 6.07) is 5.16. The zero-order chi connectivity index (χ0) is 12.3. The van der Waals surface area contributed by atoms with Crippen LogP contribution in [0.4, 0.5) is 5.82 Å². The maximum absolute atomic E-state index is 10.9. The number of aryl methyl sites for hydroxylation is 1. The van der Waals surface area contributed by atoms with Crippen LogP contribution in [0, 0.1) is 18.3 Å². The van der Waals surface area contributed by atoms with E-state index in [-0.39, 0.29) is 0 Å². The summed E-state index contributed by atoms with van der Waals surface area (Å²) in [4.78, 5) is 15.0. The number of carboxylic acids is 1. The molecule has 0 atom stereocenters. The van der Waals surface area contributed by atoms with Crippen LogP contribution in [0.2, 0.25) is 0 Å². The number of rotatable bonds is 3. The zero-order valence-corrected chi connectivity index (χ0v) is 9.40. The van der Waals surface area contributed by atoms with Gasteiger partial charge in [-0.1, -0.05) is 0 Å². The van der Waals surface area contributed by atoms with Crippen LogP contribution in [0.25, 0.3) is 0 Å². The van der Waals surface area contributed by atoms with Crippen molar-refractivity contribution in [2.75, 3.05) is 5.32 Å². The molecule has 5 heteroatoms. The first-order valence-corrected chi connectivity index (χ1v) is 4.75. The molecule has 0 saturated carbocycles. The molecule has 1 rings (SSSR count). The maximum atomic E-state index is 10.9. The maximum Gasteiger partial charge on any atom is 0.328 e. The summed E-state index contributed by atoms with van der Waals surface area (Å²) in [5, 5.41) is 20.5. The lowest BCUT2D eigenvalue weighted by atomic mass is 10.1. The van der Waals surface area contributed by atoms with E-state index >= 15 is 0 Å². The monoisotopic (exact) mass is 219 g/mol. The van der Waals surface area contributed by atoms with Gasteiger partial charge in [0.15, 0.2) is 0 Å². The van der Waals surface area contributed by atoms with E-state index in [2.05, 4.69) is 10.3 Å². The Morgan fingerprint density at radius 2 is 2.19 bits per heavy atom. The number of nitrogens with one attached hydrogen (secondary N) is 1. The largest absolute Gasteiger partial charge is 0.480 e. The van der Waals surface area contributed by atoms with Gasteiger partial charge in [-0.3, -0.25) is 0 Å². The highest BCUT2D eigenvalue weighted by molar-refractivity contribution is 5.81. The second kappa shape index (κ2) is 4.19. The standard InChI is InChI=1S/C11H13N3O2/c1-7-4-8(6-12)5-9(13-7)14-11(2,3)10(15)16/h4-5H,1-3H3,(H,13,14)(H,15,16). The van der Waals surface area contributed by atoms with Crippen molar-refractivity contribution in [3.8, 4) is 6.07 Å². The number of nitrogens with zero attached hydrogens (tertiary/aromatic N) is 2. The molecule has 1 aromatic rings. The van der Waals surface area contributed by atoms with Gasteiger partial charge in [-0.05, 0) is 32.9 Å². The van der Waals surface area contributed by atoms with Gasteiger partial charge in [0.1, 0.15) is 11.4 Å². The molecule has 0 amide bonds. The first-order chi connectivity index (χ1) is 7.35. The Morgan fingerprint density at radius 3 is 2.69 bits per heavy atom. The molecule has 0 aromatic carbocycles. The molecule has 1 heterocycles. The number of aliphatic carboxylic acids is 1. The van der Waals surface area contributed by atoms with Crippen LogP contribution >= 0.6 is 0 Å². The Hall–Kier alpha value is -2.09. The third-order valence-corrected chi connectivity index (χ3v) is 2.06. The van der Waals surface area contributed by atoms with Crippen molar-refractivity contribution in [3.63, 3.8) is 0 Å². The van der Waals surface area contributed by atoms with Crippen molar-refractivity contribution in [2.24, 2.45) is 0 Å². The number of hydrogen-bond acceptors (Lipinski definition) is 4. The molecule has 0 aliphatic heterocycles. The van der Waals surface area contributed by atoms with E-state index in [1.54, 1.807) is 13.0 Å². The Balaban J connectivity index is 3.03. The van der Waals surface area contributed by atoms with Crippen LogP contribution in [-0.4, -0.2) is 21.6 Å². The van der Waals surface area contributed by atoms with Crippen LogP contribution in [0.15, 0.2) is 12.1 Å². The van der Waals surface area contributed by atoms with Crippen LogP contribution in [0.1, 0.15) is 25.1 Å². The molecule has 0 aliphatic rings. The molecule has 5 nitrogen and oxygen atoms in total. The van der Waals surface area contributed by atoms with Crippen LogP contribution in [-0.2, 0) is 4.79 Å². The van der Waals surface area contributed by atoms with Crippen molar-refractivity contribution in [3.05, 3.63) is 23.4 Å². The lowest BCUT2D eigenvalue weighted by Gasteiger charge is -2.21. The molecule has 0 spiro atoms. The van der Waals surface area contributed by atoms with Crippen LogP contribution in [0.3, 0.4) is 0 Å². The third-order valence-electron chi connectivity index (χ3n) is 2.06. The fourth-order valence-electron chi connectivity index (χ4n) is 1.17. The van der Waals surface area contributed by atoms with Gasteiger partial charge in [-0.25, -0.2) is 9.78 Å². The smallest absolute Gasteiger partial charge is 0.328 e. The van der Waals surface area contributed by atoms with E-state index in [0.717, 1.165) is 0 Å². The van der Waals surface area contributed by atoms with Gasteiger partial charge in [0.05, 0.1) is 11.6 Å². The number of carbonyl (C=O) groups is 1. The van der Waals surface area contributed by atoms with Crippen molar-refractivity contribution in [2.45, 2.75) is 26.3 Å². The molecule has 0 saturated heterocycles. The summed E-state index contributed by atoms with van der Waals surface area (Å²) in [6.45, 7) is 4.82. The van der Waals surface area contributed by atoms with Crippen molar-refractivity contribution >= 4 is 11.8 Å². The van der Waals surface area contributed by atoms with Crippen LogP contribution < -0.4 is 5.32 Å². The van der Waals surface area contributed by atoms with Gasteiger partial charge in [-0.2, -0.15) is 5.26 Å². The van der Waals surface area contributed by atoms with Gasteiger partial charge < -0.3 is 10.4 Å². The number of pyridine rings is 1. The van der Waals surface area contributed by atoms with Gasteiger partial charge in [0.25, 0.3) is 0 Å². The Labute approximate surface area is 93.7 Å². The highest BCUT2D eigenvalue weighted by Crippen LogP contribution is 2.15. The predicted molar refractivity (Wildman–Crippen MR) is 59.0 cm³/mol. The van der Waals surface area contributed by atoms with Gasteiger partial charge in [0, 0.05) is 5.69 Å². The van der Waals surface area contributed by atoms with Crippen molar-refractivity contribution in [1.82, 2.24) is 4.98 Å². The molecule has 0 bridgehead atoms. The second-order valence-corrected chi connectivity index (χ2v) is 4.05. The SMILES string of the molecule is Cc1cc(C#N)cc(NC(C)(C)C(=O)O)n1. The average Bonchev–Trinajstić information content (AvgIpc) is 2.15. The lowest BCUT2D eigenvalue weighted by Crippen LogP contribution is -2.40. The fraction of sp³-hybridized carbons (Fsp3) is 0.364. The summed E-state index contributed by atoms with van der Waals surface area (Å²) >= 11 is 0. The fourth-order valence-corrected chi connectivity index (χ4v) is 1.17. The molecule has 16 heavy (non-hydrogen) atoms. The molecule has 0 fully saturated rings. The number of anilines is 1. The first kappa shape index (κ1) is 12.0. The minimum atomic E-state index is -1.12. The minimum absolute atomic E-state index is 0.393. The van der Waals surface area contributed by atoms with Gasteiger partial charge in [0.2, 0.25) is 0 Å². The minimum Gasteiger partial charge on any atom is -0.480 e. The Bertz CT molecular complexity index is 461. The highest BCUT2D eigenvalue weighted by Gasteiger charge is 2.27. The molecule has 1 aromatic heterocycles. The van der Waals surface area contributed by atoms with E-state index in [4.69, 9.17) is 10.4 Å². The normalized spacial score (nSPS) is 10.6. The first-order valence-electron chi connectivity index (χ1n) is 4.75. The third kappa shape index (κ3) is 2.70. The van der Waals surface area contributed by atoms with Gasteiger partial charge in [-0.15, -0.1) is 0 Å². The summed E-state index contributed by atoms with van der Waals surface area (Å²) in [5.74, 6) is -0.585. The zero-order valence-electron chi connectivity index (χ0n) is 9.40. The molecular weight excluding hydrogens is 206 g/mol. The molecule has 0 radical (unpaired) electrons. The summed E-state index contributed by atoms with van der Waals surface area (Å²) in [6.07, 6.45) is 0. The second-order valence-electron chi connectivity index (χ2n) is 4.05. The van der Waals surface area contributed by atoms with Crippen molar-refractivity contribution in [1.29, 1.82) is 5.26 Å². The quantitative estimate of drug-likeness (QED) is 0.805. The van der Waals surface area contributed by atoms with Gasteiger partial charge >= 0.3 is 5.97 Å². The number of hydrogen-bond donors (Lipinski definition) is 2. The predicted octanol–water partition coefficient (Wildman–Crippen LogP) is 1.54. The summed E-state index contributed by atoms with van der Waals surface area (Å²) < 4.78 is 0. The summed E-state index contributed by atoms with van der Waals surface area (Å²) in [7, 11) is 0. The number of aromatic nitrogens is 1. The topological polar surface area (TPSA) is 86.0 Å². The molecular formula is C11H13N3O2. The molecule has 84 valence electrons. The van der Waals surface area contributed by atoms with E-state index in [9.17, 15) is 4.79 Å². The van der Waals surface area contributed by atoms with Crippen LogP contribution in [0.5, 0.6) is 0 Å². The van der Waals surface area contributed by atoms with E-state index < -0.39 is 11.5 Å². The number of carboxylic acid groups (broad SMARTS) is 1. The van der Waals surface area contributed by atoms with E-state index in [0.29, 0.717) is 17.1 Å². The molecule has 0 unspecified atom stereocenters.